The Labute approximate surface area is 160 Å². The zero-order valence-corrected chi connectivity index (χ0v) is 16.1. The van der Waals surface area contributed by atoms with E-state index in [0.29, 0.717) is 22.8 Å². The molecule has 1 amide bonds. The van der Waals surface area contributed by atoms with E-state index in [1.807, 2.05) is 24.3 Å². The second-order valence-electron chi connectivity index (χ2n) is 6.43. The fourth-order valence-electron chi connectivity index (χ4n) is 3.39. The van der Waals surface area contributed by atoms with Gasteiger partial charge in [0.15, 0.2) is 11.5 Å². The van der Waals surface area contributed by atoms with Crippen molar-refractivity contribution in [3.8, 4) is 17.2 Å². The van der Waals surface area contributed by atoms with Gasteiger partial charge in [0.2, 0.25) is 5.75 Å². The Hall–Kier alpha value is -2.89. The van der Waals surface area contributed by atoms with Crippen molar-refractivity contribution in [2.75, 3.05) is 44.6 Å². The van der Waals surface area contributed by atoms with Crippen molar-refractivity contribution in [1.82, 2.24) is 0 Å². The molecule has 0 unspecified atom stereocenters. The monoisotopic (exact) mass is 370 g/mol. The molecule has 0 atom stereocenters. The summed E-state index contributed by atoms with van der Waals surface area (Å²) >= 11 is 0. The number of methoxy groups -OCH3 is 3. The van der Waals surface area contributed by atoms with E-state index in [1.165, 1.54) is 39.2 Å². The Balaban J connectivity index is 1.77. The number of rotatable bonds is 6. The Morgan fingerprint density at radius 3 is 2.11 bits per heavy atom. The number of anilines is 2. The largest absolute Gasteiger partial charge is 0.493 e. The number of nitrogens with one attached hydrogen (secondary N) is 1. The number of ether oxygens (including phenoxy) is 3. The highest BCUT2D eigenvalue weighted by atomic mass is 16.5. The predicted molar refractivity (Wildman–Crippen MR) is 107 cm³/mol. The molecule has 6 heteroatoms. The van der Waals surface area contributed by atoms with E-state index in [1.54, 1.807) is 19.2 Å². The summed E-state index contributed by atoms with van der Waals surface area (Å²) in [5.74, 6) is 0.989. The molecule has 0 bridgehead atoms. The minimum absolute atomic E-state index is 0.265. The molecule has 2 aromatic rings. The van der Waals surface area contributed by atoms with Crippen LogP contribution < -0.4 is 24.4 Å². The van der Waals surface area contributed by atoms with Gasteiger partial charge in [0.1, 0.15) is 0 Å². The lowest BCUT2D eigenvalue weighted by Crippen LogP contribution is -2.29. The lowest BCUT2D eigenvalue weighted by molar-refractivity contribution is 0.102. The Morgan fingerprint density at radius 2 is 1.52 bits per heavy atom. The van der Waals surface area contributed by atoms with Crippen molar-refractivity contribution in [1.29, 1.82) is 0 Å². The summed E-state index contributed by atoms with van der Waals surface area (Å²) in [6, 6.07) is 11.3. The van der Waals surface area contributed by atoms with Crippen LogP contribution in [0.15, 0.2) is 36.4 Å². The minimum atomic E-state index is -0.265. The number of amides is 1. The van der Waals surface area contributed by atoms with Crippen LogP contribution in [0.5, 0.6) is 17.2 Å². The van der Waals surface area contributed by atoms with Crippen molar-refractivity contribution in [2.24, 2.45) is 0 Å². The van der Waals surface area contributed by atoms with Gasteiger partial charge in [-0.15, -0.1) is 0 Å². The number of carbonyl (C=O) groups excluding carboxylic acids is 1. The van der Waals surface area contributed by atoms with Gasteiger partial charge in [0.05, 0.1) is 26.9 Å². The molecule has 1 saturated heterocycles. The van der Waals surface area contributed by atoms with Gasteiger partial charge < -0.3 is 24.4 Å². The molecule has 144 valence electrons. The van der Waals surface area contributed by atoms with Crippen molar-refractivity contribution in [2.45, 2.75) is 19.3 Å². The number of hydrogen-bond acceptors (Lipinski definition) is 5. The van der Waals surface area contributed by atoms with E-state index >= 15 is 0 Å². The van der Waals surface area contributed by atoms with Crippen molar-refractivity contribution >= 4 is 17.3 Å². The van der Waals surface area contributed by atoms with E-state index in [9.17, 15) is 4.79 Å². The highest BCUT2D eigenvalue weighted by Gasteiger charge is 2.21. The first-order chi connectivity index (χ1) is 13.2. The third-order valence-electron chi connectivity index (χ3n) is 4.80. The third kappa shape index (κ3) is 4.10. The first kappa shape index (κ1) is 18.9. The molecular formula is C21H26N2O4. The van der Waals surface area contributed by atoms with Crippen LogP contribution in [0.25, 0.3) is 0 Å². The molecule has 6 nitrogen and oxygen atoms in total. The SMILES string of the molecule is COc1ccc(C(=O)Nc2ccc(N3CCCCC3)cc2)c(OC)c1OC. The molecule has 27 heavy (non-hydrogen) atoms. The molecule has 1 fully saturated rings. The fraction of sp³-hybridized carbons (Fsp3) is 0.381. The van der Waals surface area contributed by atoms with Crippen molar-refractivity contribution in [3.05, 3.63) is 42.0 Å². The van der Waals surface area contributed by atoms with Crippen LogP contribution in [0.1, 0.15) is 29.6 Å². The van der Waals surface area contributed by atoms with E-state index in [-0.39, 0.29) is 5.91 Å². The zero-order chi connectivity index (χ0) is 19.2. The standard InChI is InChI=1S/C21H26N2O4/c1-25-18-12-11-17(19(26-2)20(18)27-3)21(24)22-15-7-9-16(10-8-15)23-13-5-4-6-14-23/h7-12H,4-6,13-14H2,1-3H3,(H,22,24). The average Bonchev–Trinajstić information content (AvgIpc) is 2.73. The van der Waals surface area contributed by atoms with E-state index < -0.39 is 0 Å². The highest BCUT2D eigenvalue weighted by Crippen LogP contribution is 2.40. The normalized spacial score (nSPS) is 13.8. The van der Waals surface area contributed by atoms with Crippen LogP contribution in [0.4, 0.5) is 11.4 Å². The van der Waals surface area contributed by atoms with Gasteiger partial charge in [0.25, 0.3) is 5.91 Å². The summed E-state index contributed by atoms with van der Waals surface area (Å²) < 4.78 is 16.0. The molecule has 0 spiro atoms. The zero-order valence-electron chi connectivity index (χ0n) is 16.1. The predicted octanol–water partition coefficient (Wildman–Crippen LogP) is 3.96. The Morgan fingerprint density at radius 1 is 0.852 bits per heavy atom. The summed E-state index contributed by atoms with van der Waals surface area (Å²) in [6.45, 7) is 2.18. The molecule has 3 rings (SSSR count). The molecule has 0 radical (unpaired) electrons. The quantitative estimate of drug-likeness (QED) is 0.834. The van der Waals surface area contributed by atoms with Gasteiger partial charge in [-0.25, -0.2) is 0 Å². The van der Waals surface area contributed by atoms with Gasteiger partial charge in [0, 0.05) is 24.5 Å². The smallest absolute Gasteiger partial charge is 0.259 e. The first-order valence-electron chi connectivity index (χ1n) is 9.13. The summed E-state index contributed by atoms with van der Waals surface area (Å²) in [5, 5.41) is 2.92. The molecule has 1 N–H and O–H groups in total. The van der Waals surface area contributed by atoms with E-state index in [2.05, 4.69) is 10.2 Å². The summed E-state index contributed by atoms with van der Waals surface area (Å²) in [5.41, 5.74) is 2.31. The van der Waals surface area contributed by atoms with Crippen LogP contribution in [-0.4, -0.2) is 40.3 Å². The number of hydrogen-bond donors (Lipinski definition) is 1. The number of benzene rings is 2. The second kappa shape index (κ2) is 8.66. The lowest BCUT2D eigenvalue weighted by Gasteiger charge is -2.28. The number of piperidine rings is 1. The summed E-state index contributed by atoms with van der Waals surface area (Å²) in [7, 11) is 4.56. The summed E-state index contributed by atoms with van der Waals surface area (Å²) in [6.07, 6.45) is 3.77. The Bertz CT molecular complexity index is 784. The van der Waals surface area contributed by atoms with Gasteiger partial charge in [-0.05, 0) is 55.7 Å². The maximum atomic E-state index is 12.8. The topological polar surface area (TPSA) is 60.0 Å². The first-order valence-corrected chi connectivity index (χ1v) is 9.13. The van der Waals surface area contributed by atoms with Gasteiger partial charge in [-0.2, -0.15) is 0 Å². The highest BCUT2D eigenvalue weighted by molar-refractivity contribution is 6.07. The van der Waals surface area contributed by atoms with Crippen LogP contribution >= 0.6 is 0 Å². The average molecular weight is 370 g/mol. The molecule has 1 aliphatic heterocycles. The maximum absolute atomic E-state index is 12.8. The minimum Gasteiger partial charge on any atom is -0.493 e. The van der Waals surface area contributed by atoms with E-state index in [0.717, 1.165) is 18.8 Å². The van der Waals surface area contributed by atoms with Crippen LogP contribution in [0, 0.1) is 0 Å². The van der Waals surface area contributed by atoms with E-state index in [4.69, 9.17) is 14.2 Å². The maximum Gasteiger partial charge on any atom is 0.259 e. The Kier molecular flexibility index (Phi) is 6.06. The van der Waals surface area contributed by atoms with Crippen LogP contribution in [0.3, 0.4) is 0 Å². The second-order valence-corrected chi connectivity index (χ2v) is 6.43. The van der Waals surface area contributed by atoms with Gasteiger partial charge >= 0.3 is 0 Å². The number of carbonyl (C=O) groups is 1. The molecule has 0 saturated carbocycles. The lowest BCUT2D eigenvalue weighted by atomic mass is 10.1. The van der Waals surface area contributed by atoms with Crippen molar-refractivity contribution < 1.29 is 19.0 Å². The summed E-state index contributed by atoms with van der Waals surface area (Å²) in [4.78, 5) is 15.1. The number of nitrogens with zero attached hydrogens (tertiary/aromatic N) is 1. The third-order valence-corrected chi connectivity index (χ3v) is 4.80. The molecule has 1 heterocycles. The van der Waals surface area contributed by atoms with Crippen LogP contribution in [-0.2, 0) is 0 Å². The molecular weight excluding hydrogens is 344 g/mol. The molecule has 1 aliphatic rings. The molecule has 0 aliphatic carbocycles. The fourth-order valence-corrected chi connectivity index (χ4v) is 3.39. The molecule has 0 aromatic heterocycles. The van der Waals surface area contributed by atoms with Gasteiger partial charge in [-0.1, -0.05) is 0 Å². The molecule has 2 aromatic carbocycles. The van der Waals surface area contributed by atoms with Crippen molar-refractivity contribution in [3.63, 3.8) is 0 Å². The van der Waals surface area contributed by atoms with Crippen LogP contribution in [0.2, 0.25) is 0 Å². The van der Waals surface area contributed by atoms with Gasteiger partial charge in [-0.3, -0.25) is 4.79 Å².